The Morgan fingerprint density at radius 2 is 1.96 bits per heavy atom. The van der Waals surface area contributed by atoms with Crippen LogP contribution in [0, 0.1) is 0 Å². The molecule has 0 aliphatic rings. The Balaban J connectivity index is 2.09. The van der Waals surface area contributed by atoms with Crippen LogP contribution in [-0.2, 0) is 11.2 Å². The highest BCUT2D eigenvalue weighted by molar-refractivity contribution is 9.10. The molecule has 0 aliphatic carbocycles. The highest BCUT2D eigenvalue weighted by Crippen LogP contribution is 2.29. The fourth-order valence-corrected chi connectivity index (χ4v) is 2.83. The molecule has 4 nitrogen and oxygen atoms in total. The molecule has 0 heterocycles. The predicted octanol–water partition coefficient (Wildman–Crippen LogP) is 3.89. The normalized spacial score (nSPS) is 11.7. The lowest BCUT2D eigenvalue weighted by Crippen LogP contribution is -2.28. The third-order valence-electron chi connectivity index (χ3n) is 3.53. The van der Waals surface area contributed by atoms with E-state index in [0.717, 1.165) is 27.1 Å². The standard InChI is InChI=1S/C18H20BrNO3/c1-12(16-11-15(22-2)7-8-17(16)23-3)20-18(21)10-13-5-4-6-14(19)9-13/h4-9,11-12H,10H2,1-3H3,(H,20,21)/t12-/m0/s1. The number of nitrogens with one attached hydrogen (secondary N) is 1. The molecule has 0 aromatic heterocycles. The molecule has 1 atom stereocenters. The lowest BCUT2D eigenvalue weighted by Gasteiger charge is -2.18. The number of ether oxygens (including phenoxy) is 2. The molecule has 1 amide bonds. The minimum Gasteiger partial charge on any atom is -0.497 e. The van der Waals surface area contributed by atoms with Gasteiger partial charge in [0.25, 0.3) is 0 Å². The van der Waals surface area contributed by atoms with Crippen LogP contribution in [0.5, 0.6) is 11.5 Å². The van der Waals surface area contributed by atoms with Crippen molar-refractivity contribution < 1.29 is 14.3 Å². The van der Waals surface area contributed by atoms with Crippen LogP contribution in [0.1, 0.15) is 24.1 Å². The number of rotatable bonds is 6. The number of halogens is 1. The summed E-state index contributed by atoms with van der Waals surface area (Å²) in [5, 5.41) is 3.00. The number of hydrogen-bond donors (Lipinski definition) is 1. The second-order valence-electron chi connectivity index (χ2n) is 5.20. The summed E-state index contributed by atoms with van der Waals surface area (Å²) in [4.78, 5) is 12.3. The van der Waals surface area contributed by atoms with Crippen molar-refractivity contribution in [2.24, 2.45) is 0 Å². The van der Waals surface area contributed by atoms with Gasteiger partial charge in [0.05, 0.1) is 26.7 Å². The molecule has 0 saturated carbocycles. The molecule has 0 radical (unpaired) electrons. The molecule has 1 N–H and O–H groups in total. The Morgan fingerprint density at radius 3 is 2.61 bits per heavy atom. The van der Waals surface area contributed by atoms with Gasteiger partial charge in [-0.15, -0.1) is 0 Å². The third kappa shape index (κ3) is 4.73. The van der Waals surface area contributed by atoms with Crippen molar-refractivity contribution in [2.45, 2.75) is 19.4 Å². The zero-order valence-corrected chi connectivity index (χ0v) is 15.0. The molecule has 0 saturated heterocycles. The fraction of sp³-hybridized carbons (Fsp3) is 0.278. The first-order valence-electron chi connectivity index (χ1n) is 7.29. The predicted molar refractivity (Wildman–Crippen MR) is 93.9 cm³/mol. The van der Waals surface area contributed by atoms with Crippen LogP contribution in [0.25, 0.3) is 0 Å². The van der Waals surface area contributed by atoms with E-state index in [2.05, 4.69) is 21.2 Å². The monoisotopic (exact) mass is 377 g/mol. The highest BCUT2D eigenvalue weighted by atomic mass is 79.9. The van der Waals surface area contributed by atoms with Crippen LogP contribution in [0.4, 0.5) is 0 Å². The molecule has 0 aliphatic heterocycles. The van der Waals surface area contributed by atoms with E-state index in [9.17, 15) is 4.79 Å². The Kier molecular flexibility index (Phi) is 6.04. The molecular weight excluding hydrogens is 358 g/mol. The maximum atomic E-state index is 12.3. The van der Waals surface area contributed by atoms with Crippen molar-refractivity contribution in [3.8, 4) is 11.5 Å². The summed E-state index contributed by atoms with van der Waals surface area (Å²) in [7, 11) is 3.23. The summed E-state index contributed by atoms with van der Waals surface area (Å²) >= 11 is 3.41. The zero-order valence-electron chi connectivity index (χ0n) is 13.4. The largest absolute Gasteiger partial charge is 0.497 e. The molecule has 0 spiro atoms. The van der Waals surface area contributed by atoms with E-state index in [1.165, 1.54) is 0 Å². The lowest BCUT2D eigenvalue weighted by atomic mass is 10.1. The van der Waals surface area contributed by atoms with Crippen LogP contribution in [0.15, 0.2) is 46.9 Å². The minimum atomic E-state index is -0.181. The quantitative estimate of drug-likeness (QED) is 0.830. The maximum absolute atomic E-state index is 12.3. The van der Waals surface area contributed by atoms with Gasteiger partial charge < -0.3 is 14.8 Å². The molecule has 2 aromatic rings. The molecule has 0 fully saturated rings. The summed E-state index contributed by atoms with van der Waals surface area (Å²) in [5.74, 6) is 1.41. The van der Waals surface area contributed by atoms with E-state index in [4.69, 9.17) is 9.47 Å². The van der Waals surface area contributed by atoms with Crippen molar-refractivity contribution in [3.05, 3.63) is 58.1 Å². The molecule has 5 heteroatoms. The van der Waals surface area contributed by atoms with Gasteiger partial charge in [-0.25, -0.2) is 0 Å². The van der Waals surface area contributed by atoms with Crippen LogP contribution in [0.2, 0.25) is 0 Å². The van der Waals surface area contributed by atoms with Gasteiger partial charge in [0, 0.05) is 10.0 Å². The van der Waals surface area contributed by atoms with Gasteiger partial charge in [-0.2, -0.15) is 0 Å². The van der Waals surface area contributed by atoms with Crippen molar-refractivity contribution in [2.75, 3.05) is 14.2 Å². The second kappa shape index (κ2) is 8.02. The first kappa shape index (κ1) is 17.3. The van der Waals surface area contributed by atoms with Crippen LogP contribution in [-0.4, -0.2) is 20.1 Å². The van der Waals surface area contributed by atoms with E-state index in [-0.39, 0.29) is 11.9 Å². The Hall–Kier alpha value is -2.01. The average molecular weight is 378 g/mol. The summed E-state index contributed by atoms with van der Waals surface area (Å²) in [5.41, 5.74) is 1.84. The first-order valence-corrected chi connectivity index (χ1v) is 8.08. The number of amides is 1. The Bertz CT molecular complexity index is 688. The third-order valence-corrected chi connectivity index (χ3v) is 4.03. The van der Waals surface area contributed by atoms with E-state index in [0.29, 0.717) is 6.42 Å². The SMILES string of the molecule is COc1ccc(OC)c([C@H](C)NC(=O)Cc2cccc(Br)c2)c1. The van der Waals surface area contributed by atoms with E-state index in [1.54, 1.807) is 14.2 Å². The van der Waals surface area contributed by atoms with Crippen molar-refractivity contribution >= 4 is 21.8 Å². The van der Waals surface area contributed by atoms with Crippen LogP contribution in [0.3, 0.4) is 0 Å². The van der Waals surface area contributed by atoms with Crippen molar-refractivity contribution in [1.82, 2.24) is 5.32 Å². The van der Waals surface area contributed by atoms with Gasteiger partial charge >= 0.3 is 0 Å². The van der Waals surface area contributed by atoms with Gasteiger partial charge in [-0.3, -0.25) is 4.79 Å². The number of methoxy groups -OCH3 is 2. The highest BCUT2D eigenvalue weighted by Gasteiger charge is 2.15. The molecule has 2 aromatic carbocycles. The number of benzene rings is 2. The van der Waals surface area contributed by atoms with Gasteiger partial charge in [0.1, 0.15) is 11.5 Å². The van der Waals surface area contributed by atoms with Gasteiger partial charge in [0.15, 0.2) is 0 Å². The first-order chi connectivity index (χ1) is 11.0. The molecule has 122 valence electrons. The smallest absolute Gasteiger partial charge is 0.224 e. The van der Waals surface area contributed by atoms with E-state index < -0.39 is 0 Å². The van der Waals surface area contributed by atoms with Crippen molar-refractivity contribution in [3.63, 3.8) is 0 Å². The van der Waals surface area contributed by atoms with E-state index in [1.807, 2.05) is 49.4 Å². The second-order valence-corrected chi connectivity index (χ2v) is 6.12. The number of carbonyl (C=O) groups is 1. The summed E-state index contributed by atoms with van der Waals surface area (Å²) in [6.45, 7) is 1.93. The van der Waals surface area contributed by atoms with E-state index >= 15 is 0 Å². The molecular formula is C18H20BrNO3. The maximum Gasteiger partial charge on any atom is 0.224 e. The van der Waals surface area contributed by atoms with Gasteiger partial charge in [-0.1, -0.05) is 28.1 Å². The zero-order chi connectivity index (χ0) is 16.8. The Morgan fingerprint density at radius 1 is 1.17 bits per heavy atom. The number of carbonyl (C=O) groups excluding carboxylic acids is 1. The van der Waals surface area contributed by atoms with Crippen LogP contribution >= 0.6 is 15.9 Å². The summed E-state index contributed by atoms with van der Waals surface area (Å²) < 4.78 is 11.6. The fourth-order valence-electron chi connectivity index (χ4n) is 2.38. The molecule has 0 unspecified atom stereocenters. The van der Waals surface area contributed by atoms with Crippen molar-refractivity contribution in [1.29, 1.82) is 0 Å². The summed E-state index contributed by atoms with van der Waals surface area (Å²) in [6, 6.07) is 13.1. The molecule has 0 bridgehead atoms. The Labute approximate surface area is 144 Å². The van der Waals surface area contributed by atoms with Gasteiger partial charge in [0.2, 0.25) is 5.91 Å². The summed E-state index contributed by atoms with van der Waals surface area (Å²) in [6.07, 6.45) is 0.329. The van der Waals surface area contributed by atoms with Gasteiger partial charge in [-0.05, 0) is 42.8 Å². The molecule has 23 heavy (non-hydrogen) atoms. The topological polar surface area (TPSA) is 47.6 Å². The van der Waals surface area contributed by atoms with Crippen LogP contribution < -0.4 is 14.8 Å². The molecule has 2 rings (SSSR count). The number of hydrogen-bond acceptors (Lipinski definition) is 3. The average Bonchev–Trinajstić information content (AvgIpc) is 2.54. The lowest BCUT2D eigenvalue weighted by molar-refractivity contribution is -0.121. The minimum absolute atomic E-state index is 0.0412.